The van der Waals surface area contributed by atoms with Crippen LogP contribution >= 0.6 is 0 Å². The number of methoxy groups -OCH3 is 1. The Balaban J connectivity index is 2.63. The highest BCUT2D eigenvalue weighted by Gasteiger charge is 2.13. The van der Waals surface area contributed by atoms with Gasteiger partial charge in [0.05, 0.1) is 7.11 Å². The van der Waals surface area contributed by atoms with Gasteiger partial charge in [-0.15, -0.1) is 0 Å². The van der Waals surface area contributed by atoms with Crippen LogP contribution in [0.5, 0.6) is 11.5 Å². The summed E-state index contributed by atoms with van der Waals surface area (Å²) in [5.74, 6) is -1.51. The summed E-state index contributed by atoms with van der Waals surface area (Å²) < 4.78 is 4.47. The normalized spacial score (nSPS) is 12.1. The van der Waals surface area contributed by atoms with Crippen molar-refractivity contribution in [1.29, 1.82) is 0 Å². The number of esters is 1. The van der Waals surface area contributed by atoms with Crippen LogP contribution in [-0.2, 0) is 14.3 Å². The van der Waals surface area contributed by atoms with Gasteiger partial charge < -0.3 is 20.3 Å². The minimum atomic E-state index is -0.740. The van der Waals surface area contributed by atoms with Gasteiger partial charge in [-0.25, -0.2) is 4.79 Å². The molecule has 0 heterocycles. The van der Waals surface area contributed by atoms with Gasteiger partial charge >= 0.3 is 5.97 Å². The van der Waals surface area contributed by atoms with Gasteiger partial charge in [-0.05, 0) is 30.7 Å². The number of hydrogen-bond donors (Lipinski definition) is 3. The fourth-order valence-corrected chi connectivity index (χ4v) is 1.31. The number of ether oxygens (including phenoxy) is 1. The van der Waals surface area contributed by atoms with Gasteiger partial charge in [0.15, 0.2) is 11.5 Å². The monoisotopic (exact) mass is 265 g/mol. The third kappa shape index (κ3) is 4.34. The van der Waals surface area contributed by atoms with Gasteiger partial charge in [0.1, 0.15) is 6.04 Å². The Morgan fingerprint density at radius 1 is 1.32 bits per heavy atom. The van der Waals surface area contributed by atoms with Crippen LogP contribution in [0.1, 0.15) is 12.5 Å². The molecule has 6 heteroatoms. The summed E-state index contributed by atoms with van der Waals surface area (Å²) in [5.41, 5.74) is 0.538. The molecule has 6 nitrogen and oxygen atoms in total. The first-order valence-corrected chi connectivity index (χ1v) is 5.52. The van der Waals surface area contributed by atoms with E-state index in [1.165, 1.54) is 44.4 Å². The topological polar surface area (TPSA) is 95.9 Å². The smallest absolute Gasteiger partial charge is 0.328 e. The fourth-order valence-electron chi connectivity index (χ4n) is 1.31. The lowest BCUT2D eigenvalue weighted by Gasteiger charge is -2.09. The van der Waals surface area contributed by atoms with Gasteiger partial charge in [0.25, 0.3) is 0 Å². The van der Waals surface area contributed by atoms with Gasteiger partial charge in [-0.1, -0.05) is 6.07 Å². The summed E-state index contributed by atoms with van der Waals surface area (Å²) >= 11 is 0. The maximum absolute atomic E-state index is 11.5. The van der Waals surface area contributed by atoms with Crippen LogP contribution in [0.2, 0.25) is 0 Å². The second kappa shape index (κ2) is 6.44. The zero-order valence-electron chi connectivity index (χ0n) is 10.6. The van der Waals surface area contributed by atoms with E-state index in [1.807, 2.05) is 0 Å². The van der Waals surface area contributed by atoms with Crippen molar-refractivity contribution >= 4 is 18.0 Å². The number of carbonyl (C=O) groups excluding carboxylic acids is 2. The van der Waals surface area contributed by atoms with Crippen molar-refractivity contribution in [2.75, 3.05) is 7.11 Å². The summed E-state index contributed by atoms with van der Waals surface area (Å²) in [6.45, 7) is 1.50. The van der Waals surface area contributed by atoms with E-state index < -0.39 is 17.9 Å². The molecule has 0 aliphatic heterocycles. The Morgan fingerprint density at radius 2 is 2.00 bits per heavy atom. The van der Waals surface area contributed by atoms with Crippen LogP contribution < -0.4 is 5.32 Å². The van der Waals surface area contributed by atoms with Crippen LogP contribution in [0, 0.1) is 0 Å². The maximum atomic E-state index is 11.5. The summed E-state index contributed by atoms with van der Waals surface area (Å²) in [4.78, 5) is 22.6. The van der Waals surface area contributed by atoms with Crippen LogP contribution in [0.15, 0.2) is 24.3 Å². The van der Waals surface area contributed by atoms with Gasteiger partial charge in [-0.3, -0.25) is 4.79 Å². The minimum absolute atomic E-state index is 0.235. The van der Waals surface area contributed by atoms with Crippen LogP contribution in [0.4, 0.5) is 0 Å². The van der Waals surface area contributed by atoms with Gasteiger partial charge in [0.2, 0.25) is 5.91 Å². The highest BCUT2D eigenvalue weighted by atomic mass is 16.5. The van der Waals surface area contributed by atoms with Gasteiger partial charge in [-0.2, -0.15) is 0 Å². The molecule has 1 amide bonds. The molecule has 0 spiro atoms. The van der Waals surface area contributed by atoms with E-state index >= 15 is 0 Å². The molecular weight excluding hydrogens is 250 g/mol. The van der Waals surface area contributed by atoms with Gasteiger partial charge in [0, 0.05) is 6.08 Å². The second-order valence-electron chi connectivity index (χ2n) is 3.83. The van der Waals surface area contributed by atoms with Crippen molar-refractivity contribution < 1.29 is 24.5 Å². The molecule has 0 bridgehead atoms. The van der Waals surface area contributed by atoms with Crippen LogP contribution in [0.3, 0.4) is 0 Å². The molecule has 0 saturated carbocycles. The summed E-state index contributed by atoms with van der Waals surface area (Å²) in [7, 11) is 1.24. The van der Waals surface area contributed by atoms with E-state index in [0.29, 0.717) is 5.56 Å². The number of phenolic OH excluding ortho intramolecular Hbond substituents is 2. The van der Waals surface area contributed by atoms with E-state index in [-0.39, 0.29) is 11.5 Å². The van der Waals surface area contributed by atoms with Crippen molar-refractivity contribution in [2.45, 2.75) is 13.0 Å². The molecule has 0 radical (unpaired) electrons. The number of hydrogen-bond acceptors (Lipinski definition) is 5. The molecule has 0 saturated heterocycles. The van der Waals surface area contributed by atoms with E-state index in [0.717, 1.165) is 0 Å². The lowest BCUT2D eigenvalue weighted by molar-refractivity contribution is -0.144. The first-order valence-electron chi connectivity index (χ1n) is 5.52. The Labute approximate surface area is 110 Å². The third-order valence-corrected chi connectivity index (χ3v) is 2.34. The van der Waals surface area contributed by atoms with Crippen LogP contribution in [-0.4, -0.2) is 35.2 Å². The molecule has 1 atom stereocenters. The molecule has 1 aromatic rings. The van der Waals surface area contributed by atoms with E-state index in [4.69, 9.17) is 5.11 Å². The van der Waals surface area contributed by atoms with E-state index in [2.05, 4.69) is 10.1 Å². The number of aromatic hydroxyl groups is 2. The molecule has 0 fully saturated rings. The number of amides is 1. The molecule has 3 N–H and O–H groups in total. The summed E-state index contributed by atoms with van der Waals surface area (Å²) in [6, 6.07) is 3.41. The number of rotatable bonds is 4. The zero-order chi connectivity index (χ0) is 14.4. The largest absolute Gasteiger partial charge is 0.504 e. The van der Waals surface area contributed by atoms with E-state index in [9.17, 15) is 14.7 Å². The zero-order valence-corrected chi connectivity index (χ0v) is 10.6. The average Bonchev–Trinajstić information content (AvgIpc) is 2.39. The Morgan fingerprint density at radius 3 is 2.58 bits per heavy atom. The number of benzene rings is 1. The number of carbonyl (C=O) groups is 2. The van der Waals surface area contributed by atoms with Crippen molar-refractivity contribution in [1.82, 2.24) is 5.32 Å². The Hall–Kier alpha value is -2.50. The third-order valence-electron chi connectivity index (χ3n) is 2.34. The van der Waals surface area contributed by atoms with Crippen molar-refractivity contribution in [3.63, 3.8) is 0 Å². The molecule has 102 valence electrons. The minimum Gasteiger partial charge on any atom is -0.504 e. The lowest BCUT2D eigenvalue weighted by atomic mass is 10.2. The molecule has 1 rings (SSSR count). The molecular formula is C13H15NO5. The summed E-state index contributed by atoms with van der Waals surface area (Å²) in [5, 5.41) is 20.8. The molecule has 0 aliphatic carbocycles. The Kier molecular flexibility index (Phi) is 4.93. The highest BCUT2D eigenvalue weighted by molar-refractivity contribution is 5.94. The fraction of sp³-hybridized carbons (Fsp3) is 0.231. The molecule has 0 aromatic heterocycles. The quantitative estimate of drug-likeness (QED) is 0.425. The highest BCUT2D eigenvalue weighted by Crippen LogP contribution is 2.25. The number of phenols is 2. The first-order chi connectivity index (χ1) is 8.93. The molecule has 1 aromatic carbocycles. The molecule has 0 unspecified atom stereocenters. The predicted molar refractivity (Wildman–Crippen MR) is 68.4 cm³/mol. The maximum Gasteiger partial charge on any atom is 0.328 e. The number of nitrogens with one attached hydrogen (secondary N) is 1. The second-order valence-corrected chi connectivity index (χ2v) is 3.83. The first kappa shape index (κ1) is 14.6. The molecule has 19 heavy (non-hydrogen) atoms. The Bertz CT molecular complexity index is 510. The van der Waals surface area contributed by atoms with Crippen molar-refractivity contribution in [3.05, 3.63) is 29.8 Å². The SMILES string of the molecule is COC(=O)[C@H](C)NC(=O)C=Cc1ccc(O)c(O)c1. The van der Waals surface area contributed by atoms with E-state index in [1.54, 1.807) is 0 Å². The molecule has 0 aliphatic rings. The summed E-state index contributed by atoms with van der Waals surface area (Å²) in [6.07, 6.45) is 2.66. The van der Waals surface area contributed by atoms with Crippen molar-refractivity contribution in [2.24, 2.45) is 0 Å². The average molecular weight is 265 g/mol. The van der Waals surface area contributed by atoms with Crippen molar-refractivity contribution in [3.8, 4) is 11.5 Å². The van der Waals surface area contributed by atoms with Crippen LogP contribution in [0.25, 0.3) is 6.08 Å². The lowest BCUT2D eigenvalue weighted by Crippen LogP contribution is -2.38. The standard InChI is InChI=1S/C13H15NO5/c1-8(13(18)19-2)14-12(17)6-4-9-3-5-10(15)11(16)7-9/h3-8,15-16H,1-2H3,(H,14,17)/t8-/m0/s1. The predicted octanol–water partition coefficient (Wildman–Crippen LogP) is 0.789.